The average molecular weight is 176 g/mol. The maximum atomic E-state index is 2.25. The highest BCUT2D eigenvalue weighted by Gasteiger charge is 1.88. The zero-order valence-electron chi connectivity index (χ0n) is 7.88. The zero-order valence-corrected chi connectivity index (χ0v) is 7.88. The summed E-state index contributed by atoms with van der Waals surface area (Å²) >= 11 is 0. The van der Waals surface area contributed by atoms with Gasteiger partial charge in [0.15, 0.2) is 0 Å². The van der Waals surface area contributed by atoms with Gasteiger partial charge in [0.25, 0.3) is 0 Å². The SMILES string of the molecule is C.CCC/C(C)=C/c1ccccc1. The number of hydrogen-bond acceptors (Lipinski definition) is 0. The third-order valence-electron chi connectivity index (χ3n) is 1.86. The molecule has 0 saturated heterocycles. The molecule has 0 amide bonds. The van der Waals surface area contributed by atoms with Crippen molar-refractivity contribution in [2.24, 2.45) is 0 Å². The van der Waals surface area contributed by atoms with Crippen LogP contribution in [-0.2, 0) is 0 Å². The van der Waals surface area contributed by atoms with Crippen molar-refractivity contribution >= 4 is 6.08 Å². The van der Waals surface area contributed by atoms with Gasteiger partial charge in [-0.25, -0.2) is 0 Å². The van der Waals surface area contributed by atoms with Crippen molar-refractivity contribution in [2.45, 2.75) is 34.1 Å². The lowest BCUT2D eigenvalue weighted by Gasteiger charge is -1.97. The minimum absolute atomic E-state index is 0. The van der Waals surface area contributed by atoms with Crippen LogP contribution >= 0.6 is 0 Å². The molecule has 0 bridgehead atoms. The van der Waals surface area contributed by atoms with Crippen LogP contribution < -0.4 is 0 Å². The molecular weight excluding hydrogens is 156 g/mol. The van der Waals surface area contributed by atoms with Crippen LogP contribution in [0.5, 0.6) is 0 Å². The van der Waals surface area contributed by atoms with Gasteiger partial charge in [0.05, 0.1) is 0 Å². The lowest BCUT2D eigenvalue weighted by atomic mass is 10.1. The molecule has 13 heavy (non-hydrogen) atoms. The van der Waals surface area contributed by atoms with Gasteiger partial charge in [-0.1, -0.05) is 62.8 Å². The van der Waals surface area contributed by atoms with E-state index in [1.54, 1.807) is 0 Å². The molecule has 1 rings (SSSR count). The Morgan fingerprint density at radius 3 is 2.38 bits per heavy atom. The highest BCUT2D eigenvalue weighted by atomic mass is 13.9. The number of hydrogen-bond donors (Lipinski definition) is 0. The molecule has 0 heterocycles. The minimum Gasteiger partial charge on any atom is -0.0776 e. The standard InChI is InChI=1S/C12H16.CH4/c1-3-7-11(2)10-12-8-5-4-6-9-12;/h4-6,8-10H,3,7H2,1-2H3;1H4/b11-10+;. The molecule has 1 aromatic rings. The van der Waals surface area contributed by atoms with E-state index in [1.807, 2.05) is 6.07 Å². The monoisotopic (exact) mass is 176 g/mol. The molecule has 0 atom stereocenters. The fourth-order valence-corrected chi connectivity index (χ4v) is 1.30. The van der Waals surface area contributed by atoms with Crippen molar-refractivity contribution in [1.29, 1.82) is 0 Å². The Hall–Kier alpha value is -1.04. The zero-order chi connectivity index (χ0) is 8.81. The first-order chi connectivity index (χ1) is 5.83. The second-order valence-corrected chi connectivity index (χ2v) is 3.15. The smallest absolute Gasteiger partial charge is 0.0257 e. The quantitative estimate of drug-likeness (QED) is 0.635. The second-order valence-electron chi connectivity index (χ2n) is 3.15. The largest absolute Gasteiger partial charge is 0.0776 e. The molecule has 0 N–H and O–H groups in total. The van der Waals surface area contributed by atoms with E-state index >= 15 is 0 Å². The number of benzene rings is 1. The highest BCUT2D eigenvalue weighted by molar-refractivity contribution is 5.51. The molecule has 0 radical (unpaired) electrons. The summed E-state index contributed by atoms with van der Waals surface area (Å²) in [5.74, 6) is 0. The van der Waals surface area contributed by atoms with Crippen LogP contribution in [0.2, 0.25) is 0 Å². The molecule has 0 aliphatic carbocycles. The highest BCUT2D eigenvalue weighted by Crippen LogP contribution is 2.09. The van der Waals surface area contributed by atoms with Crippen LogP contribution in [-0.4, -0.2) is 0 Å². The Labute approximate surface area is 82.3 Å². The number of rotatable bonds is 3. The van der Waals surface area contributed by atoms with Crippen molar-refractivity contribution in [3.8, 4) is 0 Å². The maximum Gasteiger partial charge on any atom is -0.0257 e. The Kier molecular flexibility index (Phi) is 5.96. The van der Waals surface area contributed by atoms with Crippen molar-refractivity contribution in [2.75, 3.05) is 0 Å². The summed E-state index contributed by atoms with van der Waals surface area (Å²) in [5, 5.41) is 0. The molecule has 0 aromatic heterocycles. The van der Waals surface area contributed by atoms with E-state index < -0.39 is 0 Å². The van der Waals surface area contributed by atoms with Crippen LogP contribution in [0.4, 0.5) is 0 Å². The van der Waals surface area contributed by atoms with Crippen molar-refractivity contribution in [3.05, 3.63) is 41.5 Å². The molecule has 0 aliphatic heterocycles. The van der Waals surface area contributed by atoms with Gasteiger partial charge in [0.1, 0.15) is 0 Å². The first kappa shape index (κ1) is 12.0. The Morgan fingerprint density at radius 2 is 1.85 bits per heavy atom. The summed E-state index contributed by atoms with van der Waals surface area (Å²) in [5.41, 5.74) is 2.77. The normalized spacial score (nSPS) is 10.8. The molecule has 0 saturated carbocycles. The molecule has 0 aliphatic rings. The predicted octanol–water partition coefficient (Wildman–Crippen LogP) is 4.53. The van der Waals surface area contributed by atoms with E-state index in [0.717, 1.165) is 0 Å². The first-order valence-corrected chi connectivity index (χ1v) is 4.55. The summed E-state index contributed by atoms with van der Waals surface area (Å²) in [6.07, 6.45) is 4.69. The summed E-state index contributed by atoms with van der Waals surface area (Å²) in [7, 11) is 0. The van der Waals surface area contributed by atoms with Crippen LogP contribution in [0.3, 0.4) is 0 Å². The molecule has 0 spiro atoms. The van der Waals surface area contributed by atoms with E-state index in [1.165, 1.54) is 24.0 Å². The van der Waals surface area contributed by atoms with Crippen LogP contribution in [0.1, 0.15) is 39.7 Å². The Balaban J connectivity index is 0.00000144. The van der Waals surface area contributed by atoms with E-state index in [4.69, 9.17) is 0 Å². The molecule has 0 heteroatoms. The van der Waals surface area contributed by atoms with E-state index in [0.29, 0.717) is 0 Å². The van der Waals surface area contributed by atoms with E-state index in [-0.39, 0.29) is 7.43 Å². The maximum absolute atomic E-state index is 2.25. The van der Waals surface area contributed by atoms with Gasteiger partial charge in [-0.05, 0) is 18.9 Å². The lowest BCUT2D eigenvalue weighted by Crippen LogP contribution is -1.76. The van der Waals surface area contributed by atoms with Crippen LogP contribution in [0.15, 0.2) is 35.9 Å². The fraction of sp³-hybridized carbons (Fsp3) is 0.385. The van der Waals surface area contributed by atoms with Gasteiger partial charge in [-0.15, -0.1) is 0 Å². The summed E-state index contributed by atoms with van der Waals surface area (Å²) in [6, 6.07) is 10.5. The fourth-order valence-electron chi connectivity index (χ4n) is 1.30. The topological polar surface area (TPSA) is 0 Å². The molecular formula is C13H20. The lowest BCUT2D eigenvalue weighted by molar-refractivity contribution is 0.912. The number of allylic oxidation sites excluding steroid dienone is 1. The van der Waals surface area contributed by atoms with Gasteiger partial charge in [-0.2, -0.15) is 0 Å². The van der Waals surface area contributed by atoms with Crippen LogP contribution in [0, 0.1) is 0 Å². The van der Waals surface area contributed by atoms with Crippen LogP contribution in [0.25, 0.3) is 6.08 Å². The molecule has 0 fully saturated rings. The van der Waals surface area contributed by atoms with E-state index in [9.17, 15) is 0 Å². The van der Waals surface area contributed by atoms with Gasteiger partial charge in [-0.3, -0.25) is 0 Å². The van der Waals surface area contributed by atoms with Gasteiger partial charge in [0.2, 0.25) is 0 Å². The minimum atomic E-state index is 0. The third kappa shape index (κ3) is 4.51. The van der Waals surface area contributed by atoms with Crippen molar-refractivity contribution in [3.63, 3.8) is 0 Å². The molecule has 1 aromatic carbocycles. The molecule has 0 nitrogen and oxygen atoms in total. The Bertz CT molecular complexity index is 244. The summed E-state index contributed by atoms with van der Waals surface area (Å²) in [4.78, 5) is 0. The summed E-state index contributed by atoms with van der Waals surface area (Å²) in [6.45, 7) is 4.40. The first-order valence-electron chi connectivity index (χ1n) is 4.55. The van der Waals surface area contributed by atoms with E-state index in [2.05, 4.69) is 44.2 Å². The second kappa shape index (κ2) is 6.47. The van der Waals surface area contributed by atoms with Gasteiger partial charge >= 0.3 is 0 Å². The predicted molar refractivity (Wildman–Crippen MR) is 61.7 cm³/mol. The van der Waals surface area contributed by atoms with Crippen molar-refractivity contribution in [1.82, 2.24) is 0 Å². The summed E-state index contributed by atoms with van der Waals surface area (Å²) < 4.78 is 0. The average Bonchev–Trinajstić information content (AvgIpc) is 2.06. The Morgan fingerprint density at radius 1 is 1.23 bits per heavy atom. The molecule has 72 valence electrons. The van der Waals surface area contributed by atoms with Gasteiger partial charge < -0.3 is 0 Å². The van der Waals surface area contributed by atoms with Gasteiger partial charge in [0, 0.05) is 0 Å². The third-order valence-corrected chi connectivity index (χ3v) is 1.86. The van der Waals surface area contributed by atoms with Crippen molar-refractivity contribution < 1.29 is 0 Å². The molecule has 0 unspecified atom stereocenters.